The first kappa shape index (κ1) is 17.2. The number of methoxy groups -OCH3 is 1. The highest BCUT2D eigenvalue weighted by molar-refractivity contribution is 5.96. The lowest BCUT2D eigenvalue weighted by molar-refractivity contribution is 0.0597. The van der Waals surface area contributed by atoms with E-state index in [1.165, 1.54) is 7.11 Å². The number of fused-ring (bicyclic) bond motifs is 1. The smallest absolute Gasteiger partial charge is 0.341 e. The highest BCUT2D eigenvalue weighted by Crippen LogP contribution is 2.23. The van der Waals surface area contributed by atoms with Crippen LogP contribution in [0.1, 0.15) is 63.3 Å². The number of ether oxygens (including phenoxy) is 1. The highest BCUT2D eigenvalue weighted by Gasteiger charge is 2.27. The quantitative estimate of drug-likeness (QED) is 0.829. The van der Waals surface area contributed by atoms with Crippen LogP contribution in [0.15, 0.2) is 4.52 Å². The average molecular weight is 346 g/mol. The molecule has 2 aromatic heterocycles. The molecule has 3 heterocycles. The zero-order valence-electron chi connectivity index (χ0n) is 14.7. The van der Waals surface area contributed by atoms with Gasteiger partial charge in [-0.2, -0.15) is 5.10 Å². The maximum Gasteiger partial charge on any atom is 0.341 e. The molecule has 0 unspecified atom stereocenters. The van der Waals surface area contributed by atoms with Gasteiger partial charge in [0.1, 0.15) is 16.9 Å². The minimum Gasteiger partial charge on any atom is -0.465 e. The Morgan fingerprint density at radius 3 is 2.80 bits per heavy atom. The van der Waals surface area contributed by atoms with Crippen LogP contribution >= 0.6 is 0 Å². The molecular weight excluding hydrogens is 324 g/mol. The van der Waals surface area contributed by atoms with E-state index in [9.17, 15) is 9.59 Å². The molecule has 2 aromatic rings. The van der Waals surface area contributed by atoms with Crippen LogP contribution in [0.2, 0.25) is 0 Å². The second kappa shape index (κ2) is 7.08. The van der Waals surface area contributed by atoms with Gasteiger partial charge in [0, 0.05) is 6.54 Å². The van der Waals surface area contributed by atoms with Crippen LogP contribution in [0.25, 0.3) is 0 Å². The second-order valence-electron chi connectivity index (χ2n) is 6.04. The van der Waals surface area contributed by atoms with Crippen molar-refractivity contribution in [3.05, 3.63) is 34.0 Å². The number of rotatable bonds is 5. The molecule has 0 aromatic carbocycles. The van der Waals surface area contributed by atoms with E-state index >= 15 is 0 Å². The first-order valence-electron chi connectivity index (χ1n) is 8.47. The minimum absolute atomic E-state index is 0.150. The molecule has 8 heteroatoms. The van der Waals surface area contributed by atoms with Gasteiger partial charge < -0.3 is 14.6 Å². The Morgan fingerprint density at radius 1 is 1.28 bits per heavy atom. The summed E-state index contributed by atoms with van der Waals surface area (Å²) in [6.07, 6.45) is 3.43. The number of carbonyl (C=O) groups is 2. The zero-order chi connectivity index (χ0) is 18.0. The molecule has 1 aliphatic rings. The predicted molar refractivity (Wildman–Crippen MR) is 88.3 cm³/mol. The molecule has 0 aliphatic carbocycles. The molecule has 134 valence electrons. The molecule has 1 aliphatic heterocycles. The van der Waals surface area contributed by atoms with E-state index in [0.29, 0.717) is 34.7 Å². The standard InChI is InChI=1S/C17H22N4O4/c1-4-11-14(10(2)25-20-11)16(22)18-9-12-15(17(23)24-3)13-7-5-6-8-21(13)19-12/h4-9H2,1-3H3,(H,18,22). The summed E-state index contributed by atoms with van der Waals surface area (Å²) in [5.41, 5.74) is 2.96. The topological polar surface area (TPSA) is 99.3 Å². The summed E-state index contributed by atoms with van der Waals surface area (Å²) < 4.78 is 11.9. The summed E-state index contributed by atoms with van der Waals surface area (Å²) in [5, 5.41) is 11.2. The van der Waals surface area contributed by atoms with E-state index in [4.69, 9.17) is 9.26 Å². The molecule has 0 saturated heterocycles. The van der Waals surface area contributed by atoms with Crippen molar-refractivity contribution in [2.75, 3.05) is 7.11 Å². The van der Waals surface area contributed by atoms with Crippen LogP contribution in [0.5, 0.6) is 0 Å². The SMILES string of the molecule is CCc1noc(C)c1C(=O)NCc1nn2c(c1C(=O)OC)CCCC2. The van der Waals surface area contributed by atoms with Gasteiger partial charge in [-0.05, 0) is 32.6 Å². The molecule has 0 saturated carbocycles. The molecule has 0 atom stereocenters. The summed E-state index contributed by atoms with van der Waals surface area (Å²) >= 11 is 0. The number of carbonyl (C=O) groups excluding carboxylic acids is 2. The fraction of sp³-hybridized carbons (Fsp3) is 0.529. The Hall–Kier alpha value is -2.64. The fourth-order valence-electron chi connectivity index (χ4n) is 3.21. The number of hydrogen-bond donors (Lipinski definition) is 1. The average Bonchev–Trinajstić information content (AvgIpc) is 3.18. The van der Waals surface area contributed by atoms with Crippen LogP contribution in [-0.2, 0) is 30.7 Å². The number of esters is 1. The van der Waals surface area contributed by atoms with Gasteiger partial charge in [-0.3, -0.25) is 9.48 Å². The van der Waals surface area contributed by atoms with Gasteiger partial charge in [0.15, 0.2) is 0 Å². The first-order valence-corrected chi connectivity index (χ1v) is 8.47. The number of amides is 1. The van der Waals surface area contributed by atoms with E-state index in [-0.39, 0.29) is 12.5 Å². The van der Waals surface area contributed by atoms with Gasteiger partial charge in [-0.25, -0.2) is 4.79 Å². The summed E-state index contributed by atoms with van der Waals surface area (Å²) in [5.74, 6) is -0.216. The van der Waals surface area contributed by atoms with Crippen molar-refractivity contribution < 1.29 is 18.8 Å². The van der Waals surface area contributed by atoms with E-state index in [1.54, 1.807) is 6.92 Å². The molecule has 1 N–H and O–H groups in total. The minimum atomic E-state index is -0.414. The molecule has 0 spiro atoms. The third-order valence-corrected chi connectivity index (χ3v) is 4.46. The Kier molecular flexibility index (Phi) is 4.87. The monoisotopic (exact) mass is 346 g/mol. The zero-order valence-corrected chi connectivity index (χ0v) is 14.7. The number of hydrogen-bond acceptors (Lipinski definition) is 6. The van der Waals surface area contributed by atoms with Crippen molar-refractivity contribution in [1.29, 1.82) is 0 Å². The van der Waals surface area contributed by atoms with E-state index in [1.807, 2.05) is 11.6 Å². The Balaban J connectivity index is 1.83. The molecule has 1 amide bonds. The van der Waals surface area contributed by atoms with E-state index in [2.05, 4.69) is 15.6 Å². The van der Waals surface area contributed by atoms with Crippen molar-refractivity contribution in [3.8, 4) is 0 Å². The second-order valence-corrected chi connectivity index (χ2v) is 6.04. The fourth-order valence-corrected chi connectivity index (χ4v) is 3.21. The molecule has 0 fully saturated rings. The van der Waals surface area contributed by atoms with Crippen molar-refractivity contribution in [3.63, 3.8) is 0 Å². The molecular formula is C17H22N4O4. The van der Waals surface area contributed by atoms with Crippen LogP contribution in [0.3, 0.4) is 0 Å². The highest BCUT2D eigenvalue weighted by atomic mass is 16.5. The summed E-state index contributed by atoms with van der Waals surface area (Å²) in [6, 6.07) is 0. The van der Waals surface area contributed by atoms with Gasteiger partial charge in [-0.1, -0.05) is 12.1 Å². The summed E-state index contributed by atoms with van der Waals surface area (Å²) in [4.78, 5) is 24.7. The lowest BCUT2D eigenvalue weighted by Crippen LogP contribution is -2.25. The van der Waals surface area contributed by atoms with Gasteiger partial charge in [0.2, 0.25) is 0 Å². The van der Waals surface area contributed by atoms with Crippen LogP contribution in [-0.4, -0.2) is 33.9 Å². The van der Waals surface area contributed by atoms with Crippen molar-refractivity contribution in [2.45, 2.75) is 52.6 Å². The Morgan fingerprint density at radius 2 is 2.08 bits per heavy atom. The first-order chi connectivity index (χ1) is 12.1. The Bertz CT molecular complexity index is 806. The maximum absolute atomic E-state index is 12.5. The van der Waals surface area contributed by atoms with Gasteiger partial charge in [-0.15, -0.1) is 0 Å². The lowest BCUT2D eigenvalue weighted by atomic mass is 10.0. The summed E-state index contributed by atoms with van der Waals surface area (Å²) in [7, 11) is 1.35. The third-order valence-electron chi connectivity index (χ3n) is 4.46. The normalized spacial score (nSPS) is 13.4. The van der Waals surface area contributed by atoms with Gasteiger partial charge in [0.05, 0.1) is 30.7 Å². The molecule has 0 radical (unpaired) electrons. The Labute approximate surface area is 145 Å². The van der Waals surface area contributed by atoms with Gasteiger partial charge >= 0.3 is 5.97 Å². The van der Waals surface area contributed by atoms with Crippen molar-refractivity contribution in [2.24, 2.45) is 0 Å². The van der Waals surface area contributed by atoms with E-state index < -0.39 is 5.97 Å². The largest absolute Gasteiger partial charge is 0.465 e. The number of aryl methyl sites for hydroxylation is 3. The third kappa shape index (κ3) is 3.16. The molecule has 0 bridgehead atoms. The number of nitrogens with one attached hydrogen (secondary N) is 1. The molecule has 3 rings (SSSR count). The molecule has 25 heavy (non-hydrogen) atoms. The van der Waals surface area contributed by atoms with Gasteiger partial charge in [0.25, 0.3) is 5.91 Å². The van der Waals surface area contributed by atoms with E-state index in [0.717, 1.165) is 31.5 Å². The van der Waals surface area contributed by atoms with Crippen molar-refractivity contribution in [1.82, 2.24) is 20.3 Å². The van der Waals surface area contributed by atoms with Crippen LogP contribution in [0, 0.1) is 6.92 Å². The lowest BCUT2D eigenvalue weighted by Gasteiger charge is -2.13. The summed E-state index contributed by atoms with van der Waals surface area (Å²) in [6.45, 7) is 4.54. The van der Waals surface area contributed by atoms with Crippen LogP contribution < -0.4 is 5.32 Å². The number of nitrogens with zero attached hydrogens (tertiary/aromatic N) is 3. The maximum atomic E-state index is 12.5. The molecule has 8 nitrogen and oxygen atoms in total. The number of aromatic nitrogens is 3. The predicted octanol–water partition coefficient (Wildman–Crippen LogP) is 1.79. The van der Waals surface area contributed by atoms with Crippen LogP contribution in [0.4, 0.5) is 0 Å². The van der Waals surface area contributed by atoms with Crippen molar-refractivity contribution >= 4 is 11.9 Å².